The van der Waals surface area contributed by atoms with Gasteiger partial charge >= 0.3 is 23.9 Å². The zero-order chi connectivity index (χ0) is 67.2. The first-order valence-electron chi connectivity index (χ1n) is 40.5. The monoisotopic (exact) mass is 1300 g/mol. The van der Waals surface area contributed by atoms with E-state index in [0.29, 0.717) is 43.9 Å². The number of ether oxygens (including phenoxy) is 5. The molecule has 12 atom stereocenters. The van der Waals surface area contributed by atoms with E-state index in [0.717, 1.165) is 96.3 Å². The third-order valence-corrected chi connectivity index (χ3v) is 25.9. The number of rotatable bonds is 47. The maximum Gasteiger partial charge on any atom is 0.315 e. The SMILES string of the molecule is CCCCCCCCCCCCCCCC(=O)OC1COC(OC(=O)C23CCC(C)(C)CC2C2=CCC4C5(C)CCC(OC(=O)CCCCCCCCCCCCCCC)C(C)(C)C5CCC4(C)C2(C)CC3)C(OC(=O)CCCCCCCCCCCCCCC)C1O. The van der Waals surface area contributed by atoms with E-state index in [2.05, 4.69) is 75.3 Å². The van der Waals surface area contributed by atoms with Crippen LogP contribution in [0.4, 0.5) is 0 Å². The molecule has 12 unspecified atom stereocenters. The Morgan fingerprint density at radius 2 is 0.871 bits per heavy atom. The highest BCUT2D eigenvalue weighted by Crippen LogP contribution is 2.76. The molecule has 1 N–H and O–H groups in total. The molecule has 6 aliphatic rings. The van der Waals surface area contributed by atoms with Crippen LogP contribution in [-0.4, -0.2) is 66.3 Å². The standard InChI is InChI=1S/C83H146O10/c1-11-14-17-20-23-26-29-32-35-38-41-44-47-50-71(84)90-67-64-89-76(75(74(67)87)92-73(86)52-49-46-43-40-37-34-31-28-25-22-19-16-13-3)93-77(88)83-61-59-78(4,5)63-66(83)65-53-54-69-80(8)57-56-70(79(6,7)68(80)55-58-82(69,10)81(65,9)60-62-83)91-72(85)51-48-45-42-39-36-33-30-27-24-21-18-15-12-2/h53,66-70,74-76,87H,11-52,54-64H2,1-10H3. The molecule has 1 saturated heterocycles. The van der Waals surface area contributed by atoms with E-state index in [4.69, 9.17) is 23.7 Å². The van der Waals surface area contributed by atoms with Gasteiger partial charge in [-0.15, -0.1) is 0 Å². The number of aliphatic hydroxyl groups is 1. The lowest BCUT2D eigenvalue weighted by Crippen LogP contribution is -2.65. The number of carbonyl (C=O) groups excluding carboxylic acids is 4. The molecule has 93 heavy (non-hydrogen) atoms. The largest absolute Gasteiger partial charge is 0.462 e. The average molecular weight is 1300 g/mol. The van der Waals surface area contributed by atoms with Crippen molar-refractivity contribution >= 4 is 23.9 Å². The summed E-state index contributed by atoms with van der Waals surface area (Å²) in [5.41, 5.74) is 0.400. The molecule has 5 aliphatic carbocycles. The zero-order valence-corrected chi connectivity index (χ0v) is 62.3. The molecule has 1 aliphatic heterocycles. The fraction of sp³-hybridized carbons (Fsp3) is 0.928. The fourth-order valence-corrected chi connectivity index (χ4v) is 19.6. The third kappa shape index (κ3) is 23.0. The molecule has 0 aromatic rings. The molecule has 4 saturated carbocycles. The Balaban J connectivity index is 1.06. The van der Waals surface area contributed by atoms with Crippen molar-refractivity contribution in [1.29, 1.82) is 0 Å². The Kier molecular flexibility index (Phi) is 34.7. The number of unbranched alkanes of at least 4 members (excludes halogenated alkanes) is 36. The topological polar surface area (TPSA) is 135 Å². The maximum absolute atomic E-state index is 15.6. The van der Waals surface area contributed by atoms with Gasteiger partial charge < -0.3 is 28.8 Å². The molecule has 0 aromatic heterocycles. The molecular weight excluding hydrogens is 1160 g/mol. The van der Waals surface area contributed by atoms with Gasteiger partial charge in [0.15, 0.2) is 12.2 Å². The zero-order valence-electron chi connectivity index (χ0n) is 62.3. The smallest absolute Gasteiger partial charge is 0.315 e. The van der Waals surface area contributed by atoms with Gasteiger partial charge in [0.2, 0.25) is 6.29 Å². The molecule has 0 aromatic carbocycles. The van der Waals surface area contributed by atoms with Gasteiger partial charge in [-0.05, 0) is 123 Å². The van der Waals surface area contributed by atoms with Gasteiger partial charge in [0.25, 0.3) is 0 Å². The van der Waals surface area contributed by atoms with Crippen LogP contribution in [0.5, 0.6) is 0 Å². The van der Waals surface area contributed by atoms with Crippen LogP contribution < -0.4 is 0 Å². The molecule has 10 nitrogen and oxygen atoms in total. The highest BCUT2D eigenvalue weighted by atomic mass is 16.7. The van der Waals surface area contributed by atoms with Crippen LogP contribution in [0.15, 0.2) is 11.6 Å². The van der Waals surface area contributed by atoms with Crippen molar-refractivity contribution in [2.45, 2.75) is 434 Å². The van der Waals surface area contributed by atoms with Gasteiger partial charge in [-0.3, -0.25) is 19.2 Å². The van der Waals surface area contributed by atoms with E-state index >= 15 is 4.79 Å². The van der Waals surface area contributed by atoms with Crippen molar-refractivity contribution in [2.24, 2.45) is 50.2 Å². The Hall–Kier alpha value is -2.46. The van der Waals surface area contributed by atoms with Crippen molar-refractivity contribution in [2.75, 3.05) is 6.61 Å². The van der Waals surface area contributed by atoms with Gasteiger partial charge in [-0.1, -0.05) is 312 Å². The Labute approximate surface area is 571 Å². The quantitative estimate of drug-likeness (QED) is 0.0272. The van der Waals surface area contributed by atoms with Crippen molar-refractivity contribution in [3.05, 3.63) is 11.6 Å². The number of aliphatic hydroxyl groups excluding tert-OH is 1. The molecule has 0 bridgehead atoms. The molecule has 1 heterocycles. The number of hydrogen-bond acceptors (Lipinski definition) is 10. The van der Waals surface area contributed by atoms with E-state index in [-0.39, 0.29) is 70.5 Å². The summed E-state index contributed by atoms with van der Waals surface area (Å²) in [6, 6.07) is 0. The molecule has 0 spiro atoms. The third-order valence-electron chi connectivity index (χ3n) is 25.9. The van der Waals surface area contributed by atoms with Crippen LogP contribution in [0, 0.1) is 50.2 Å². The summed E-state index contributed by atoms with van der Waals surface area (Å²) in [5.74, 6) is -0.385. The van der Waals surface area contributed by atoms with E-state index in [1.807, 2.05) is 0 Å². The Morgan fingerprint density at radius 3 is 1.32 bits per heavy atom. The molecule has 5 fully saturated rings. The van der Waals surface area contributed by atoms with Crippen molar-refractivity contribution in [3.8, 4) is 0 Å². The predicted octanol–water partition coefficient (Wildman–Crippen LogP) is 23.2. The summed E-state index contributed by atoms with van der Waals surface area (Å²) < 4.78 is 31.6. The summed E-state index contributed by atoms with van der Waals surface area (Å²) >= 11 is 0. The second kappa shape index (κ2) is 40.6. The first-order valence-corrected chi connectivity index (χ1v) is 40.5. The molecule has 0 amide bonds. The van der Waals surface area contributed by atoms with Gasteiger partial charge in [0, 0.05) is 24.7 Å². The average Bonchev–Trinajstić information content (AvgIpc) is 0.678. The van der Waals surface area contributed by atoms with Crippen molar-refractivity contribution in [1.82, 2.24) is 0 Å². The fourth-order valence-electron chi connectivity index (χ4n) is 19.6. The van der Waals surface area contributed by atoms with Crippen LogP contribution >= 0.6 is 0 Å². The molecular formula is C83H146O10. The minimum atomic E-state index is -1.42. The highest BCUT2D eigenvalue weighted by Gasteiger charge is 2.70. The summed E-state index contributed by atoms with van der Waals surface area (Å²) in [7, 11) is 0. The lowest BCUT2D eigenvalue weighted by Gasteiger charge is -2.71. The summed E-state index contributed by atoms with van der Waals surface area (Å²) in [6.07, 6.45) is 55.4. The second-order valence-electron chi connectivity index (χ2n) is 33.8. The van der Waals surface area contributed by atoms with Crippen LogP contribution in [0.1, 0.15) is 403 Å². The first kappa shape index (κ1) is 79.5. The number of allylic oxidation sites excluding steroid dienone is 2. The minimum Gasteiger partial charge on any atom is -0.462 e. The van der Waals surface area contributed by atoms with Gasteiger partial charge in [0.1, 0.15) is 12.2 Å². The highest BCUT2D eigenvalue weighted by molar-refractivity contribution is 5.79. The summed E-state index contributed by atoms with van der Waals surface area (Å²) in [6.45, 7) is 23.9. The van der Waals surface area contributed by atoms with Crippen molar-refractivity contribution < 1.29 is 48.0 Å². The normalized spacial score (nSPS) is 30.2. The first-order chi connectivity index (χ1) is 44.7. The summed E-state index contributed by atoms with van der Waals surface area (Å²) in [5, 5.41) is 12.1. The lowest BCUT2D eigenvalue weighted by molar-refractivity contribution is -0.278. The Morgan fingerprint density at radius 1 is 0.462 bits per heavy atom. The Bertz CT molecular complexity index is 2180. The number of hydrogen-bond donors (Lipinski definition) is 1. The maximum atomic E-state index is 15.6. The number of fused-ring (bicyclic) bond motifs is 7. The van der Waals surface area contributed by atoms with Crippen LogP contribution in [0.2, 0.25) is 0 Å². The second-order valence-corrected chi connectivity index (χ2v) is 33.8. The van der Waals surface area contributed by atoms with Crippen LogP contribution in [0.3, 0.4) is 0 Å². The van der Waals surface area contributed by atoms with E-state index < -0.39 is 42.0 Å². The van der Waals surface area contributed by atoms with E-state index in [9.17, 15) is 19.5 Å². The van der Waals surface area contributed by atoms with E-state index in [1.165, 1.54) is 198 Å². The van der Waals surface area contributed by atoms with Crippen LogP contribution in [-0.2, 0) is 42.9 Å². The van der Waals surface area contributed by atoms with Gasteiger partial charge in [-0.2, -0.15) is 0 Å². The summed E-state index contributed by atoms with van der Waals surface area (Å²) in [4.78, 5) is 56.4. The molecule has 6 rings (SSSR count). The number of carbonyl (C=O) groups is 4. The number of esters is 4. The van der Waals surface area contributed by atoms with Crippen molar-refractivity contribution in [3.63, 3.8) is 0 Å². The molecule has 10 heteroatoms. The van der Waals surface area contributed by atoms with Gasteiger partial charge in [0.05, 0.1) is 12.0 Å². The minimum absolute atomic E-state index is 0.00389. The lowest BCUT2D eigenvalue weighted by atomic mass is 9.33. The molecule has 0 radical (unpaired) electrons. The van der Waals surface area contributed by atoms with E-state index in [1.54, 1.807) is 0 Å². The van der Waals surface area contributed by atoms with Gasteiger partial charge in [-0.25, -0.2) is 0 Å². The predicted molar refractivity (Wildman–Crippen MR) is 381 cm³/mol. The molecule has 538 valence electrons. The van der Waals surface area contributed by atoms with Crippen LogP contribution in [0.25, 0.3) is 0 Å².